The summed E-state index contributed by atoms with van der Waals surface area (Å²) in [6.45, 7) is 6.87. The number of piperazine rings is 1. The highest BCUT2D eigenvalue weighted by Gasteiger charge is 2.34. The first-order valence-corrected chi connectivity index (χ1v) is 7.54. The second-order valence-corrected chi connectivity index (χ2v) is 7.00. The molecule has 1 fully saturated rings. The fourth-order valence-corrected chi connectivity index (χ4v) is 4.13. The van der Waals surface area contributed by atoms with Crippen LogP contribution in [0.25, 0.3) is 0 Å². The molecule has 0 bridgehead atoms. The zero-order chi connectivity index (χ0) is 12.8. The summed E-state index contributed by atoms with van der Waals surface area (Å²) in [6.07, 6.45) is 3.58. The largest absolute Gasteiger partial charge is 0.330 e. The van der Waals surface area contributed by atoms with Crippen molar-refractivity contribution in [3.05, 3.63) is 21.4 Å². The maximum absolute atomic E-state index is 12.6. The molecule has 4 heteroatoms. The van der Waals surface area contributed by atoms with Crippen molar-refractivity contribution in [3.63, 3.8) is 0 Å². The number of fused-ring (bicyclic) bond motifs is 1. The van der Waals surface area contributed by atoms with Crippen LogP contribution in [0.5, 0.6) is 0 Å². The van der Waals surface area contributed by atoms with Gasteiger partial charge in [-0.25, -0.2) is 0 Å². The Morgan fingerprint density at radius 2 is 2.28 bits per heavy atom. The first-order valence-electron chi connectivity index (χ1n) is 6.72. The molecule has 0 aromatic carbocycles. The summed E-state index contributed by atoms with van der Waals surface area (Å²) >= 11 is 1.71. The van der Waals surface area contributed by atoms with Gasteiger partial charge >= 0.3 is 0 Å². The molecule has 98 valence electrons. The van der Waals surface area contributed by atoms with Gasteiger partial charge in [-0.1, -0.05) is 0 Å². The van der Waals surface area contributed by atoms with Crippen molar-refractivity contribution in [2.75, 3.05) is 19.6 Å². The zero-order valence-electron chi connectivity index (χ0n) is 11.1. The summed E-state index contributed by atoms with van der Waals surface area (Å²) in [4.78, 5) is 17.0. The Hall–Kier alpha value is -0.870. The predicted molar refractivity (Wildman–Crippen MR) is 74.3 cm³/mol. The SMILES string of the molecule is CC1(C)CNCCN1C(=O)c1cc2c(s1)CCC2. The maximum atomic E-state index is 12.6. The van der Waals surface area contributed by atoms with Gasteiger partial charge in [0.1, 0.15) is 0 Å². The van der Waals surface area contributed by atoms with Crippen LogP contribution in [0.2, 0.25) is 0 Å². The molecule has 3 rings (SSSR count). The second-order valence-electron chi connectivity index (χ2n) is 5.86. The third-order valence-electron chi connectivity index (χ3n) is 4.00. The molecule has 2 heterocycles. The van der Waals surface area contributed by atoms with Crippen molar-refractivity contribution in [2.45, 2.75) is 38.6 Å². The fraction of sp³-hybridized carbons (Fsp3) is 0.643. The minimum Gasteiger partial charge on any atom is -0.330 e. The van der Waals surface area contributed by atoms with Crippen molar-refractivity contribution < 1.29 is 4.79 Å². The highest BCUT2D eigenvalue weighted by atomic mass is 32.1. The lowest BCUT2D eigenvalue weighted by Gasteiger charge is -2.42. The number of carbonyl (C=O) groups is 1. The Kier molecular flexibility index (Phi) is 2.94. The molecule has 0 saturated carbocycles. The van der Waals surface area contributed by atoms with E-state index in [1.54, 1.807) is 11.3 Å². The molecule has 3 nitrogen and oxygen atoms in total. The van der Waals surface area contributed by atoms with Gasteiger partial charge in [0.15, 0.2) is 0 Å². The molecule has 1 aromatic rings. The third-order valence-corrected chi connectivity index (χ3v) is 5.23. The Morgan fingerprint density at radius 3 is 3.00 bits per heavy atom. The number of hydrogen-bond acceptors (Lipinski definition) is 3. The van der Waals surface area contributed by atoms with E-state index in [0.29, 0.717) is 0 Å². The van der Waals surface area contributed by atoms with Crippen LogP contribution in [-0.4, -0.2) is 36.0 Å². The standard InChI is InChI=1S/C14H20N2OS/c1-14(2)9-15-6-7-16(14)13(17)12-8-10-4-3-5-11(10)18-12/h8,15H,3-7,9H2,1-2H3. The lowest BCUT2D eigenvalue weighted by Crippen LogP contribution is -2.59. The van der Waals surface area contributed by atoms with E-state index in [1.807, 2.05) is 4.90 Å². The van der Waals surface area contributed by atoms with E-state index < -0.39 is 0 Å². The zero-order valence-corrected chi connectivity index (χ0v) is 11.9. The lowest BCUT2D eigenvalue weighted by atomic mass is 10.00. The second kappa shape index (κ2) is 4.35. The van der Waals surface area contributed by atoms with Crippen molar-refractivity contribution in [1.82, 2.24) is 10.2 Å². The summed E-state index contributed by atoms with van der Waals surface area (Å²) in [6, 6.07) is 2.13. The quantitative estimate of drug-likeness (QED) is 0.842. The van der Waals surface area contributed by atoms with Crippen LogP contribution in [0.1, 0.15) is 40.4 Å². The Bertz CT molecular complexity index is 457. The summed E-state index contributed by atoms with van der Waals surface area (Å²) in [5.74, 6) is 0.223. The minimum absolute atomic E-state index is 0.0796. The van der Waals surface area contributed by atoms with Gasteiger partial charge in [-0.2, -0.15) is 0 Å². The van der Waals surface area contributed by atoms with E-state index in [4.69, 9.17) is 0 Å². The minimum atomic E-state index is -0.0796. The summed E-state index contributed by atoms with van der Waals surface area (Å²) in [5.41, 5.74) is 1.33. The number of hydrogen-bond donors (Lipinski definition) is 1. The molecule has 1 aromatic heterocycles. The average Bonchev–Trinajstić information content (AvgIpc) is 2.87. The molecule has 18 heavy (non-hydrogen) atoms. The van der Waals surface area contributed by atoms with Crippen LogP contribution in [0.3, 0.4) is 0 Å². The van der Waals surface area contributed by atoms with Gasteiger partial charge in [0, 0.05) is 24.5 Å². The number of carbonyl (C=O) groups excluding carboxylic acids is 1. The Balaban J connectivity index is 1.84. The molecule has 2 aliphatic rings. The number of thiophene rings is 1. The van der Waals surface area contributed by atoms with Crippen LogP contribution in [0.4, 0.5) is 0 Å². The summed E-state index contributed by atoms with van der Waals surface area (Å²) in [7, 11) is 0. The summed E-state index contributed by atoms with van der Waals surface area (Å²) in [5, 5.41) is 3.36. The lowest BCUT2D eigenvalue weighted by molar-refractivity contribution is 0.0482. The molecule has 1 aliphatic heterocycles. The topological polar surface area (TPSA) is 32.3 Å². The third kappa shape index (κ3) is 1.97. The van der Waals surface area contributed by atoms with Crippen LogP contribution < -0.4 is 5.32 Å². The van der Waals surface area contributed by atoms with Crippen LogP contribution in [0, 0.1) is 0 Å². The van der Waals surface area contributed by atoms with E-state index in [2.05, 4.69) is 25.2 Å². The van der Waals surface area contributed by atoms with Gasteiger partial charge in [-0.3, -0.25) is 4.79 Å². The van der Waals surface area contributed by atoms with E-state index >= 15 is 0 Å². The number of amides is 1. The van der Waals surface area contributed by atoms with Crippen LogP contribution >= 0.6 is 11.3 Å². The van der Waals surface area contributed by atoms with E-state index in [-0.39, 0.29) is 11.4 Å². The molecule has 0 unspecified atom stereocenters. The molecule has 1 saturated heterocycles. The van der Waals surface area contributed by atoms with E-state index in [1.165, 1.54) is 16.9 Å². The number of aryl methyl sites for hydroxylation is 2. The maximum Gasteiger partial charge on any atom is 0.264 e. The van der Waals surface area contributed by atoms with Crippen molar-refractivity contribution in [1.29, 1.82) is 0 Å². The van der Waals surface area contributed by atoms with Crippen LogP contribution in [-0.2, 0) is 12.8 Å². The predicted octanol–water partition coefficient (Wildman–Crippen LogP) is 2.06. The Morgan fingerprint density at radius 1 is 1.44 bits per heavy atom. The van der Waals surface area contributed by atoms with Gasteiger partial charge in [-0.05, 0) is 44.7 Å². The highest BCUT2D eigenvalue weighted by Crippen LogP contribution is 2.32. The number of rotatable bonds is 1. The molecule has 0 radical (unpaired) electrons. The molecule has 0 spiro atoms. The first-order chi connectivity index (χ1) is 8.58. The normalized spacial score (nSPS) is 22.0. The van der Waals surface area contributed by atoms with Gasteiger partial charge in [0.25, 0.3) is 5.91 Å². The van der Waals surface area contributed by atoms with Gasteiger partial charge in [0.05, 0.1) is 10.4 Å². The summed E-state index contributed by atoms with van der Waals surface area (Å²) < 4.78 is 0. The Labute approximate surface area is 112 Å². The van der Waals surface area contributed by atoms with Crippen molar-refractivity contribution in [2.24, 2.45) is 0 Å². The molecular weight excluding hydrogens is 244 g/mol. The molecule has 0 atom stereocenters. The fourth-order valence-electron chi connectivity index (χ4n) is 2.93. The highest BCUT2D eigenvalue weighted by molar-refractivity contribution is 7.14. The number of nitrogens with zero attached hydrogens (tertiary/aromatic N) is 1. The van der Waals surface area contributed by atoms with Crippen molar-refractivity contribution in [3.8, 4) is 0 Å². The van der Waals surface area contributed by atoms with Crippen LogP contribution in [0.15, 0.2) is 6.07 Å². The van der Waals surface area contributed by atoms with E-state index in [9.17, 15) is 4.79 Å². The number of nitrogens with one attached hydrogen (secondary N) is 1. The molecular formula is C14H20N2OS. The van der Waals surface area contributed by atoms with E-state index in [0.717, 1.165) is 37.4 Å². The average molecular weight is 264 g/mol. The van der Waals surface area contributed by atoms with Crippen molar-refractivity contribution >= 4 is 17.2 Å². The molecule has 1 amide bonds. The van der Waals surface area contributed by atoms with Gasteiger partial charge in [-0.15, -0.1) is 11.3 Å². The van der Waals surface area contributed by atoms with Gasteiger partial charge in [0.2, 0.25) is 0 Å². The molecule has 1 aliphatic carbocycles. The monoisotopic (exact) mass is 264 g/mol. The smallest absolute Gasteiger partial charge is 0.264 e. The molecule has 1 N–H and O–H groups in total. The first kappa shape index (κ1) is 12.2. The van der Waals surface area contributed by atoms with Gasteiger partial charge < -0.3 is 10.2 Å².